The van der Waals surface area contributed by atoms with Crippen molar-refractivity contribution >= 4 is 25.7 Å². The molecule has 120 valence electrons. The molecule has 0 radical (unpaired) electrons. The second kappa shape index (κ2) is 7.07. The first-order chi connectivity index (χ1) is 9.75. The molecule has 10 heteroatoms. The van der Waals surface area contributed by atoms with Gasteiger partial charge in [0.1, 0.15) is 10.6 Å². The van der Waals surface area contributed by atoms with Crippen LogP contribution in [0.1, 0.15) is 6.92 Å². The van der Waals surface area contributed by atoms with E-state index < -0.39 is 20.0 Å². The Morgan fingerprint density at radius 3 is 2.43 bits per heavy atom. The van der Waals surface area contributed by atoms with Crippen LogP contribution in [0.3, 0.4) is 0 Å². The van der Waals surface area contributed by atoms with E-state index >= 15 is 0 Å². The molecule has 0 heterocycles. The lowest BCUT2D eigenvalue weighted by Crippen LogP contribution is -2.29. The smallest absolute Gasteiger partial charge is 0.244 e. The quantitative estimate of drug-likeness (QED) is 0.597. The first-order valence-electron chi connectivity index (χ1n) is 6.14. The van der Waals surface area contributed by atoms with Crippen molar-refractivity contribution in [1.29, 1.82) is 0 Å². The predicted molar refractivity (Wildman–Crippen MR) is 80.3 cm³/mol. The summed E-state index contributed by atoms with van der Waals surface area (Å²) in [5.41, 5.74) is 5.49. The Hall–Kier alpha value is -1.36. The minimum absolute atomic E-state index is 0.0378. The lowest BCUT2D eigenvalue weighted by molar-refractivity contribution is 0.402. The number of nitrogens with one attached hydrogen (secondary N) is 2. The Bertz CT molecular complexity index is 686. The highest BCUT2D eigenvalue weighted by Gasteiger charge is 2.20. The van der Waals surface area contributed by atoms with Crippen LogP contribution < -0.4 is 19.9 Å². The van der Waals surface area contributed by atoms with Crippen molar-refractivity contribution in [3.63, 3.8) is 0 Å². The molecule has 0 aliphatic carbocycles. The minimum Gasteiger partial charge on any atom is -0.495 e. The minimum atomic E-state index is -3.76. The fourth-order valence-electron chi connectivity index (χ4n) is 1.48. The molecule has 0 bridgehead atoms. The molecule has 1 rings (SSSR count). The Kier molecular flexibility index (Phi) is 5.96. The molecule has 0 atom stereocenters. The number of hydrogen-bond donors (Lipinski definition) is 3. The largest absolute Gasteiger partial charge is 0.495 e. The average Bonchev–Trinajstić information content (AvgIpc) is 2.44. The zero-order valence-electron chi connectivity index (χ0n) is 11.8. The predicted octanol–water partition coefficient (Wildman–Crippen LogP) is -0.306. The number of anilines is 1. The van der Waals surface area contributed by atoms with Crippen molar-refractivity contribution in [3.8, 4) is 5.75 Å². The van der Waals surface area contributed by atoms with E-state index in [9.17, 15) is 16.8 Å². The maximum absolute atomic E-state index is 12.0. The number of hydrogen-bond acceptors (Lipinski definition) is 6. The van der Waals surface area contributed by atoms with Gasteiger partial charge < -0.3 is 10.5 Å². The first-order valence-corrected chi connectivity index (χ1v) is 9.27. The van der Waals surface area contributed by atoms with Gasteiger partial charge in [0.2, 0.25) is 20.0 Å². The number of methoxy groups -OCH3 is 1. The van der Waals surface area contributed by atoms with E-state index in [2.05, 4.69) is 9.44 Å². The fourth-order valence-corrected chi connectivity index (χ4v) is 3.30. The van der Waals surface area contributed by atoms with Gasteiger partial charge in [-0.05, 0) is 19.1 Å². The SMILES string of the molecule is CCS(=O)(=O)Nc1ccc(S(=O)(=O)NCCN)c(OC)c1. The summed E-state index contributed by atoms with van der Waals surface area (Å²) in [6.45, 7) is 1.75. The van der Waals surface area contributed by atoms with E-state index in [0.29, 0.717) is 0 Å². The number of rotatable bonds is 8. The van der Waals surface area contributed by atoms with Crippen LogP contribution >= 0.6 is 0 Å². The Balaban J connectivity index is 3.16. The van der Waals surface area contributed by atoms with Crippen LogP contribution in [0.2, 0.25) is 0 Å². The Labute approximate surface area is 124 Å². The zero-order valence-corrected chi connectivity index (χ0v) is 13.4. The van der Waals surface area contributed by atoms with Gasteiger partial charge in [0.25, 0.3) is 0 Å². The molecule has 0 aliphatic rings. The van der Waals surface area contributed by atoms with E-state index in [1.54, 1.807) is 0 Å². The summed E-state index contributed by atoms with van der Waals surface area (Å²) in [5.74, 6) is -0.0521. The zero-order chi connectivity index (χ0) is 16.1. The van der Waals surface area contributed by atoms with Gasteiger partial charge in [-0.1, -0.05) is 0 Å². The molecular weight excluding hydrogens is 318 g/mol. The second-order valence-corrected chi connectivity index (χ2v) is 7.80. The standard InChI is InChI=1S/C11H19N3O5S2/c1-3-20(15,16)14-9-4-5-11(10(8-9)19-2)21(17,18)13-7-6-12/h4-5,8,13-14H,3,6-7,12H2,1-2H3. The van der Waals surface area contributed by atoms with E-state index in [1.807, 2.05) is 0 Å². The summed E-state index contributed by atoms with van der Waals surface area (Å²) in [5, 5.41) is 0. The van der Waals surface area contributed by atoms with Crippen LogP contribution in [0.15, 0.2) is 23.1 Å². The second-order valence-electron chi connectivity index (χ2n) is 4.06. The highest BCUT2D eigenvalue weighted by atomic mass is 32.2. The molecule has 0 unspecified atom stereocenters. The molecule has 0 saturated heterocycles. The third-order valence-electron chi connectivity index (χ3n) is 2.54. The highest BCUT2D eigenvalue weighted by Crippen LogP contribution is 2.27. The van der Waals surface area contributed by atoms with Crippen LogP contribution in [0.4, 0.5) is 5.69 Å². The molecule has 0 aromatic heterocycles. The van der Waals surface area contributed by atoms with Crippen molar-refractivity contribution in [1.82, 2.24) is 4.72 Å². The highest BCUT2D eigenvalue weighted by molar-refractivity contribution is 7.92. The average molecular weight is 337 g/mol. The van der Waals surface area contributed by atoms with Gasteiger partial charge in [-0.2, -0.15) is 0 Å². The van der Waals surface area contributed by atoms with Gasteiger partial charge in [-0.15, -0.1) is 0 Å². The number of nitrogens with two attached hydrogens (primary N) is 1. The van der Waals surface area contributed by atoms with Crippen LogP contribution in [0.25, 0.3) is 0 Å². The molecule has 0 fully saturated rings. The molecular formula is C11H19N3O5S2. The van der Waals surface area contributed by atoms with Gasteiger partial charge >= 0.3 is 0 Å². The molecule has 0 saturated carbocycles. The summed E-state index contributed by atoms with van der Waals surface area (Å²) in [7, 11) is -5.91. The summed E-state index contributed by atoms with van der Waals surface area (Å²) in [4.78, 5) is -0.0853. The lowest BCUT2D eigenvalue weighted by Gasteiger charge is -2.12. The molecule has 0 amide bonds. The summed E-state index contributed by atoms with van der Waals surface area (Å²) in [6.07, 6.45) is 0. The number of sulfonamides is 2. The maximum Gasteiger partial charge on any atom is 0.244 e. The van der Waals surface area contributed by atoms with Crippen LogP contribution in [0.5, 0.6) is 5.75 Å². The van der Waals surface area contributed by atoms with Gasteiger partial charge in [-0.25, -0.2) is 21.6 Å². The van der Waals surface area contributed by atoms with Crippen LogP contribution in [0, 0.1) is 0 Å². The lowest BCUT2D eigenvalue weighted by atomic mass is 10.3. The molecule has 0 aliphatic heterocycles. The molecule has 4 N–H and O–H groups in total. The maximum atomic E-state index is 12.0. The van der Waals surface area contributed by atoms with Crippen molar-refractivity contribution in [2.24, 2.45) is 5.73 Å². The summed E-state index contributed by atoms with van der Waals surface area (Å²) in [6, 6.07) is 3.93. The topological polar surface area (TPSA) is 128 Å². The van der Waals surface area contributed by atoms with Crippen molar-refractivity contribution < 1.29 is 21.6 Å². The van der Waals surface area contributed by atoms with Crippen LogP contribution in [-0.2, 0) is 20.0 Å². The Morgan fingerprint density at radius 2 is 1.90 bits per heavy atom. The third kappa shape index (κ3) is 4.84. The van der Waals surface area contributed by atoms with Gasteiger partial charge in [-0.3, -0.25) is 4.72 Å². The molecule has 1 aromatic carbocycles. The molecule has 1 aromatic rings. The number of ether oxygens (including phenoxy) is 1. The van der Waals surface area contributed by atoms with Crippen molar-refractivity contribution in [2.75, 3.05) is 30.7 Å². The molecule has 8 nitrogen and oxygen atoms in total. The molecule has 21 heavy (non-hydrogen) atoms. The van der Waals surface area contributed by atoms with E-state index in [4.69, 9.17) is 10.5 Å². The van der Waals surface area contributed by atoms with Crippen molar-refractivity contribution in [2.45, 2.75) is 11.8 Å². The normalized spacial score (nSPS) is 12.1. The van der Waals surface area contributed by atoms with E-state index in [-0.39, 0.29) is 35.2 Å². The van der Waals surface area contributed by atoms with Crippen molar-refractivity contribution in [3.05, 3.63) is 18.2 Å². The van der Waals surface area contributed by atoms with Gasteiger partial charge in [0.15, 0.2) is 0 Å². The van der Waals surface area contributed by atoms with E-state index in [1.165, 1.54) is 32.2 Å². The van der Waals surface area contributed by atoms with Crippen LogP contribution in [-0.4, -0.2) is 42.8 Å². The van der Waals surface area contributed by atoms with Gasteiger partial charge in [0.05, 0.1) is 18.6 Å². The molecule has 0 spiro atoms. The first kappa shape index (κ1) is 17.7. The summed E-state index contributed by atoms with van der Waals surface area (Å²) >= 11 is 0. The fraction of sp³-hybridized carbons (Fsp3) is 0.455. The third-order valence-corrected chi connectivity index (χ3v) is 5.35. The number of benzene rings is 1. The Morgan fingerprint density at radius 1 is 1.24 bits per heavy atom. The summed E-state index contributed by atoms with van der Waals surface area (Å²) < 4.78 is 56.7. The van der Waals surface area contributed by atoms with E-state index in [0.717, 1.165) is 0 Å². The monoisotopic (exact) mass is 337 g/mol. The van der Waals surface area contributed by atoms with Gasteiger partial charge in [0, 0.05) is 19.2 Å².